The van der Waals surface area contributed by atoms with E-state index in [1.165, 1.54) is 0 Å². The van der Waals surface area contributed by atoms with Crippen LogP contribution in [0, 0.1) is 0 Å². The van der Waals surface area contributed by atoms with E-state index in [1.54, 1.807) is 12.3 Å². The van der Waals surface area contributed by atoms with E-state index in [0.717, 1.165) is 17.0 Å². The molecule has 0 saturated carbocycles. The van der Waals surface area contributed by atoms with E-state index >= 15 is 0 Å². The Hall–Kier alpha value is -3.61. The topological polar surface area (TPSA) is 76.6 Å². The van der Waals surface area contributed by atoms with Crippen LogP contribution in [-0.4, -0.2) is 29.2 Å². The summed E-state index contributed by atoms with van der Waals surface area (Å²) in [6.45, 7) is 3.30. The first-order valence-corrected chi connectivity index (χ1v) is 9.07. The third kappa shape index (κ3) is 3.73. The number of carbonyl (C=O) groups excluding carboxylic acids is 1. The number of anilines is 2. The lowest BCUT2D eigenvalue weighted by molar-refractivity contribution is 0.0945. The maximum absolute atomic E-state index is 12.6. The standard InChI is InChI=1S/C21H20N4O3/c1-2-25(16-6-4-3-5-7-16)21-22-11-10-17(24-21)20(26)23-13-15-8-9-18-19(12-15)28-14-27-18/h3-12H,2,13-14H2,1H3,(H,23,26). The molecular weight excluding hydrogens is 356 g/mol. The molecule has 2 aromatic carbocycles. The van der Waals surface area contributed by atoms with E-state index in [-0.39, 0.29) is 12.7 Å². The maximum Gasteiger partial charge on any atom is 0.270 e. The molecule has 7 heteroatoms. The largest absolute Gasteiger partial charge is 0.454 e. The molecule has 0 radical (unpaired) electrons. The third-order valence-electron chi connectivity index (χ3n) is 4.39. The summed E-state index contributed by atoms with van der Waals surface area (Å²) in [5.74, 6) is 1.64. The van der Waals surface area contributed by atoms with Crippen LogP contribution in [0.2, 0.25) is 0 Å². The van der Waals surface area contributed by atoms with Crippen LogP contribution in [-0.2, 0) is 6.54 Å². The number of amides is 1. The number of fused-ring (bicyclic) bond motifs is 1. The molecule has 1 amide bonds. The molecule has 0 spiro atoms. The lowest BCUT2D eigenvalue weighted by Gasteiger charge is -2.21. The Balaban J connectivity index is 1.47. The van der Waals surface area contributed by atoms with Crippen molar-refractivity contribution < 1.29 is 14.3 Å². The highest BCUT2D eigenvalue weighted by Gasteiger charge is 2.16. The molecule has 0 saturated heterocycles. The Morgan fingerprint density at radius 3 is 2.75 bits per heavy atom. The van der Waals surface area contributed by atoms with Gasteiger partial charge in [0.05, 0.1) is 0 Å². The summed E-state index contributed by atoms with van der Waals surface area (Å²) in [5.41, 5.74) is 2.22. The van der Waals surface area contributed by atoms with Crippen molar-refractivity contribution in [3.05, 3.63) is 72.1 Å². The van der Waals surface area contributed by atoms with Gasteiger partial charge in [0, 0.05) is 25.0 Å². The molecule has 0 aliphatic carbocycles. The molecule has 2 heterocycles. The number of hydrogen-bond donors (Lipinski definition) is 1. The summed E-state index contributed by atoms with van der Waals surface area (Å²) in [5, 5.41) is 2.89. The minimum Gasteiger partial charge on any atom is -0.454 e. The summed E-state index contributed by atoms with van der Waals surface area (Å²) in [4.78, 5) is 23.3. The molecule has 0 fully saturated rings. The van der Waals surface area contributed by atoms with Crippen molar-refractivity contribution in [2.24, 2.45) is 0 Å². The van der Waals surface area contributed by atoms with E-state index in [1.807, 2.05) is 60.4 Å². The second kappa shape index (κ2) is 7.96. The number of ether oxygens (including phenoxy) is 2. The predicted molar refractivity (Wildman–Crippen MR) is 105 cm³/mol. The Bertz CT molecular complexity index is 978. The molecule has 1 aliphatic heterocycles. The van der Waals surface area contributed by atoms with Gasteiger partial charge in [0.15, 0.2) is 11.5 Å². The van der Waals surface area contributed by atoms with Crippen LogP contribution < -0.4 is 19.7 Å². The fraction of sp³-hybridized carbons (Fsp3) is 0.190. The van der Waals surface area contributed by atoms with Crippen LogP contribution in [0.3, 0.4) is 0 Å². The molecule has 0 bridgehead atoms. The summed E-state index contributed by atoms with van der Waals surface area (Å²) >= 11 is 0. The zero-order chi connectivity index (χ0) is 19.3. The zero-order valence-corrected chi connectivity index (χ0v) is 15.5. The Morgan fingerprint density at radius 1 is 1.11 bits per heavy atom. The van der Waals surface area contributed by atoms with Gasteiger partial charge in [-0.3, -0.25) is 4.79 Å². The van der Waals surface area contributed by atoms with Crippen LogP contribution in [0.5, 0.6) is 11.5 Å². The lowest BCUT2D eigenvalue weighted by atomic mass is 10.2. The lowest BCUT2D eigenvalue weighted by Crippen LogP contribution is -2.25. The van der Waals surface area contributed by atoms with E-state index in [4.69, 9.17) is 9.47 Å². The van der Waals surface area contributed by atoms with Crippen LogP contribution >= 0.6 is 0 Å². The Labute approximate surface area is 163 Å². The van der Waals surface area contributed by atoms with Crippen molar-refractivity contribution in [2.45, 2.75) is 13.5 Å². The van der Waals surface area contributed by atoms with Crippen molar-refractivity contribution in [3.8, 4) is 11.5 Å². The van der Waals surface area contributed by atoms with Crippen LogP contribution in [0.1, 0.15) is 23.0 Å². The normalized spacial score (nSPS) is 11.9. The quantitative estimate of drug-likeness (QED) is 0.711. The third-order valence-corrected chi connectivity index (χ3v) is 4.39. The first kappa shape index (κ1) is 17.8. The number of para-hydroxylation sites is 1. The second-order valence-corrected chi connectivity index (χ2v) is 6.19. The number of benzene rings is 2. The van der Waals surface area contributed by atoms with Crippen molar-refractivity contribution in [1.29, 1.82) is 0 Å². The number of carbonyl (C=O) groups is 1. The minimum absolute atomic E-state index is 0.226. The van der Waals surface area contributed by atoms with Gasteiger partial charge >= 0.3 is 0 Å². The fourth-order valence-corrected chi connectivity index (χ4v) is 2.98. The molecule has 0 unspecified atom stereocenters. The van der Waals surface area contributed by atoms with Crippen LogP contribution in [0.15, 0.2) is 60.8 Å². The smallest absolute Gasteiger partial charge is 0.270 e. The van der Waals surface area contributed by atoms with Crippen molar-refractivity contribution >= 4 is 17.5 Å². The van der Waals surface area contributed by atoms with Gasteiger partial charge in [0.2, 0.25) is 12.7 Å². The van der Waals surface area contributed by atoms with E-state index < -0.39 is 0 Å². The molecular formula is C21H20N4O3. The van der Waals surface area contributed by atoms with Gasteiger partial charge in [-0.2, -0.15) is 0 Å². The molecule has 0 atom stereocenters. The number of aromatic nitrogens is 2. The van der Waals surface area contributed by atoms with Gasteiger partial charge in [-0.1, -0.05) is 24.3 Å². The van der Waals surface area contributed by atoms with Gasteiger partial charge in [0.1, 0.15) is 5.69 Å². The molecule has 1 N–H and O–H groups in total. The molecule has 7 nitrogen and oxygen atoms in total. The SMILES string of the molecule is CCN(c1ccccc1)c1nccc(C(=O)NCc2ccc3c(c2)OCO3)n1. The molecule has 3 aromatic rings. The van der Waals surface area contributed by atoms with Crippen molar-refractivity contribution in [3.63, 3.8) is 0 Å². The number of rotatable bonds is 6. The monoisotopic (exact) mass is 376 g/mol. The summed E-state index contributed by atoms with van der Waals surface area (Å²) < 4.78 is 10.7. The molecule has 28 heavy (non-hydrogen) atoms. The molecule has 1 aliphatic rings. The first-order chi connectivity index (χ1) is 13.7. The van der Waals surface area contributed by atoms with Gasteiger partial charge in [0.25, 0.3) is 5.91 Å². The van der Waals surface area contributed by atoms with Crippen LogP contribution in [0.4, 0.5) is 11.6 Å². The average Bonchev–Trinajstić information content (AvgIpc) is 3.21. The van der Waals surface area contributed by atoms with Crippen LogP contribution in [0.25, 0.3) is 0 Å². The Morgan fingerprint density at radius 2 is 1.93 bits per heavy atom. The average molecular weight is 376 g/mol. The molecule has 4 rings (SSSR count). The first-order valence-electron chi connectivity index (χ1n) is 9.07. The highest BCUT2D eigenvalue weighted by atomic mass is 16.7. The molecule has 1 aromatic heterocycles. The van der Waals surface area contributed by atoms with Gasteiger partial charge in [-0.25, -0.2) is 9.97 Å². The second-order valence-electron chi connectivity index (χ2n) is 6.19. The van der Waals surface area contributed by atoms with Crippen molar-refractivity contribution in [2.75, 3.05) is 18.2 Å². The van der Waals surface area contributed by atoms with E-state index in [9.17, 15) is 4.79 Å². The van der Waals surface area contributed by atoms with Gasteiger partial charge in [-0.05, 0) is 42.8 Å². The maximum atomic E-state index is 12.6. The highest BCUT2D eigenvalue weighted by Crippen LogP contribution is 2.32. The van der Waals surface area contributed by atoms with Gasteiger partial charge < -0.3 is 19.7 Å². The fourth-order valence-electron chi connectivity index (χ4n) is 2.98. The van der Waals surface area contributed by atoms with E-state index in [2.05, 4.69) is 15.3 Å². The zero-order valence-electron chi connectivity index (χ0n) is 15.5. The summed E-state index contributed by atoms with van der Waals surface area (Å²) in [7, 11) is 0. The Kier molecular flexibility index (Phi) is 5.05. The number of nitrogens with zero attached hydrogens (tertiary/aromatic N) is 3. The number of nitrogens with one attached hydrogen (secondary N) is 1. The highest BCUT2D eigenvalue weighted by molar-refractivity contribution is 5.92. The summed E-state index contributed by atoms with van der Waals surface area (Å²) in [6, 6.07) is 17.1. The predicted octanol–water partition coefficient (Wildman–Crippen LogP) is 3.29. The minimum atomic E-state index is -0.259. The van der Waals surface area contributed by atoms with Crippen molar-refractivity contribution in [1.82, 2.24) is 15.3 Å². The van der Waals surface area contributed by atoms with Gasteiger partial charge in [-0.15, -0.1) is 0 Å². The van der Waals surface area contributed by atoms with E-state index in [0.29, 0.717) is 30.5 Å². The summed E-state index contributed by atoms with van der Waals surface area (Å²) in [6.07, 6.45) is 1.60. The molecule has 142 valence electrons. The number of hydrogen-bond acceptors (Lipinski definition) is 6.